The minimum absolute atomic E-state index is 0.0913. The van der Waals surface area contributed by atoms with Crippen molar-refractivity contribution >= 4 is 27.2 Å². The zero-order valence-corrected chi connectivity index (χ0v) is 14.7. The maximum Gasteiger partial charge on any atom is 0.139 e. The molecule has 1 aliphatic carbocycles. The number of nitrogens with zero attached hydrogens (tertiary/aromatic N) is 1. The second-order valence-corrected chi connectivity index (χ2v) is 7.93. The summed E-state index contributed by atoms with van der Waals surface area (Å²) < 4.78 is 1.23. The predicted molar refractivity (Wildman–Crippen MR) is 96.9 cm³/mol. The zero-order valence-electron chi connectivity index (χ0n) is 13.9. The van der Waals surface area contributed by atoms with Gasteiger partial charge in [0, 0.05) is 33.7 Å². The first kappa shape index (κ1) is 15.4. The van der Waals surface area contributed by atoms with Crippen molar-refractivity contribution in [3.63, 3.8) is 0 Å². The van der Waals surface area contributed by atoms with E-state index in [1.165, 1.54) is 20.5 Å². The number of allylic oxidation sites excluding steroid dienone is 2. The predicted octanol–water partition coefficient (Wildman–Crippen LogP) is 4.43. The van der Waals surface area contributed by atoms with E-state index in [1.54, 1.807) is 11.3 Å². The molecule has 1 N–H and O–H groups in total. The van der Waals surface area contributed by atoms with Gasteiger partial charge in [0.15, 0.2) is 0 Å². The van der Waals surface area contributed by atoms with Gasteiger partial charge in [-0.2, -0.15) is 5.26 Å². The molecule has 2 aromatic rings. The van der Waals surface area contributed by atoms with Crippen molar-refractivity contribution in [1.82, 2.24) is 5.32 Å². The lowest BCUT2D eigenvalue weighted by atomic mass is 9.69. The minimum atomic E-state index is -0.108. The third-order valence-electron chi connectivity index (χ3n) is 5.50. The molecular formula is C20H20N2OS. The molecule has 3 nitrogen and oxygen atoms in total. The van der Waals surface area contributed by atoms with Gasteiger partial charge in [-0.1, -0.05) is 18.2 Å². The van der Waals surface area contributed by atoms with E-state index in [0.29, 0.717) is 12.2 Å². The molecule has 0 spiro atoms. The largest absolute Gasteiger partial charge is 0.384 e. The summed E-state index contributed by atoms with van der Waals surface area (Å²) in [4.78, 5) is 13.9. The van der Waals surface area contributed by atoms with E-state index in [2.05, 4.69) is 36.5 Å². The average Bonchev–Trinajstić information content (AvgIpc) is 2.91. The van der Waals surface area contributed by atoms with Crippen LogP contribution in [0.4, 0.5) is 0 Å². The summed E-state index contributed by atoms with van der Waals surface area (Å²) in [5, 5.41) is 14.5. The molecule has 0 bridgehead atoms. The molecule has 2 aliphatic rings. The molecule has 1 fully saturated rings. The number of Topliss-reactive ketones (excluding diaryl/α,β-unsaturated/α-hetero) is 1. The SMILES string of the molecule is CC1=C(C#N)C(c2sc3ccccc3c2C)C2C(=O)CCCC2N1. The lowest BCUT2D eigenvalue weighted by Gasteiger charge is -2.41. The van der Waals surface area contributed by atoms with Crippen LogP contribution in [0, 0.1) is 24.2 Å². The number of fused-ring (bicyclic) bond motifs is 2. The Balaban J connectivity index is 1.94. The van der Waals surface area contributed by atoms with E-state index < -0.39 is 0 Å². The summed E-state index contributed by atoms with van der Waals surface area (Å²) in [5.41, 5.74) is 2.90. The third-order valence-corrected chi connectivity index (χ3v) is 6.86. The van der Waals surface area contributed by atoms with Gasteiger partial charge in [0.25, 0.3) is 0 Å². The number of ketones is 1. The van der Waals surface area contributed by atoms with Crippen molar-refractivity contribution < 1.29 is 4.79 Å². The number of carbonyl (C=O) groups excluding carboxylic acids is 1. The second kappa shape index (κ2) is 5.75. The van der Waals surface area contributed by atoms with Crippen LogP contribution in [0.25, 0.3) is 10.1 Å². The summed E-state index contributed by atoms with van der Waals surface area (Å²) in [5.74, 6) is 0.108. The third kappa shape index (κ3) is 2.19. The minimum Gasteiger partial charge on any atom is -0.384 e. The molecule has 1 aromatic carbocycles. The normalized spacial score (nSPS) is 26.9. The van der Waals surface area contributed by atoms with E-state index >= 15 is 0 Å². The van der Waals surface area contributed by atoms with Crippen molar-refractivity contribution in [3.8, 4) is 6.07 Å². The first-order valence-corrected chi connectivity index (χ1v) is 9.31. The number of nitriles is 1. The first-order valence-electron chi connectivity index (χ1n) is 8.50. The fourth-order valence-electron chi connectivity index (χ4n) is 4.35. The van der Waals surface area contributed by atoms with E-state index in [4.69, 9.17) is 0 Å². The summed E-state index contributed by atoms with van der Waals surface area (Å²) in [6.45, 7) is 4.10. The van der Waals surface area contributed by atoms with Crippen molar-refractivity contribution in [3.05, 3.63) is 46.0 Å². The molecule has 24 heavy (non-hydrogen) atoms. The maximum absolute atomic E-state index is 12.7. The Morgan fingerprint density at radius 1 is 1.29 bits per heavy atom. The monoisotopic (exact) mass is 336 g/mol. The highest BCUT2D eigenvalue weighted by atomic mass is 32.1. The number of hydrogen-bond donors (Lipinski definition) is 1. The molecule has 2 heterocycles. The van der Waals surface area contributed by atoms with Crippen LogP contribution in [0.5, 0.6) is 0 Å². The highest BCUT2D eigenvalue weighted by Crippen LogP contribution is 2.47. The van der Waals surface area contributed by atoms with Crippen LogP contribution in [0.2, 0.25) is 0 Å². The first-order chi connectivity index (χ1) is 11.6. The van der Waals surface area contributed by atoms with Gasteiger partial charge in [-0.05, 0) is 43.7 Å². The molecular weight excluding hydrogens is 316 g/mol. The van der Waals surface area contributed by atoms with Gasteiger partial charge in [0.1, 0.15) is 5.78 Å². The molecule has 0 amide bonds. The Morgan fingerprint density at radius 2 is 2.08 bits per heavy atom. The van der Waals surface area contributed by atoms with Gasteiger partial charge >= 0.3 is 0 Å². The van der Waals surface area contributed by atoms with E-state index in [0.717, 1.165) is 24.1 Å². The molecule has 1 saturated carbocycles. The summed E-state index contributed by atoms with van der Waals surface area (Å²) in [6.07, 6.45) is 2.59. The lowest BCUT2D eigenvalue weighted by Crippen LogP contribution is -2.49. The molecule has 0 saturated heterocycles. The van der Waals surface area contributed by atoms with E-state index in [1.807, 2.05) is 13.0 Å². The molecule has 1 aromatic heterocycles. The van der Waals surface area contributed by atoms with Crippen molar-refractivity contribution in [2.75, 3.05) is 0 Å². The fraction of sp³-hybridized carbons (Fsp3) is 0.400. The standard InChI is InChI=1S/C20H20N2OS/c1-11-13-6-3-4-9-17(13)24-20(11)18-14(10-21)12(2)22-15-7-5-8-16(23)19(15)18/h3-4,6,9,15,18-19,22H,5,7-8H2,1-2H3. The van der Waals surface area contributed by atoms with Crippen LogP contribution >= 0.6 is 11.3 Å². The Kier molecular flexibility index (Phi) is 3.69. The summed E-state index contributed by atoms with van der Waals surface area (Å²) in [6, 6.07) is 10.9. The Hall–Kier alpha value is -2.12. The van der Waals surface area contributed by atoms with Crippen LogP contribution in [-0.2, 0) is 4.79 Å². The number of aryl methyl sites for hydroxylation is 1. The fourth-order valence-corrected chi connectivity index (χ4v) is 5.72. The molecule has 1 aliphatic heterocycles. The molecule has 3 unspecified atom stereocenters. The van der Waals surface area contributed by atoms with Gasteiger partial charge in [0.2, 0.25) is 0 Å². The van der Waals surface area contributed by atoms with E-state index in [9.17, 15) is 10.1 Å². The number of hydrogen-bond acceptors (Lipinski definition) is 4. The summed E-state index contributed by atoms with van der Waals surface area (Å²) in [7, 11) is 0. The van der Waals surface area contributed by atoms with Crippen LogP contribution in [0.15, 0.2) is 35.5 Å². The van der Waals surface area contributed by atoms with Crippen LogP contribution in [-0.4, -0.2) is 11.8 Å². The van der Waals surface area contributed by atoms with Crippen molar-refractivity contribution in [2.24, 2.45) is 5.92 Å². The van der Waals surface area contributed by atoms with Crippen molar-refractivity contribution in [1.29, 1.82) is 5.26 Å². The van der Waals surface area contributed by atoms with Gasteiger partial charge in [-0.15, -0.1) is 11.3 Å². The molecule has 4 heteroatoms. The summed E-state index contributed by atoms with van der Waals surface area (Å²) >= 11 is 1.74. The van der Waals surface area contributed by atoms with Crippen LogP contribution < -0.4 is 5.32 Å². The van der Waals surface area contributed by atoms with Crippen molar-refractivity contribution in [2.45, 2.75) is 45.1 Å². The number of benzene rings is 1. The smallest absolute Gasteiger partial charge is 0.139 e. The number of rotatable bonds is 1. The van der Waals surface area contributed by atoms with E-state index in [-0.39, 0.29) is 17.9 Å². The average molecular weight is 336 g/mol. The zero-order chi connectivity index (χ0) is 16.8. The maximum atomic E-state index is 12.7. The van der Waals surface area contributed by atoms with Gasteiger partial charge in [-0.25, -0.2) is 0 Å². The topological polar surface area (TPSA) is 52.9 Å². The van der Waals surface area contributed by atoms with Crippen LogP contribution in [0.3, 0.4) is 0 Å². The Labute approximate surface area is 146 Å². The van der Waals surface area contributed by atoms with Gasteiger partial charge < -0.3 is 5.32 Å². The molecule has 122 valence electrons. The molecule has 3 atom stereocenters. The lowest BCUT2D eigenvalue weighted by molar-refractivity contribution is -0.126. The highest BCUT2D eigenvalue weighted by molar-refractivity contribution is 7.19. The Bertz CT molecular complexity index is 902. The number of nitrogens with one attached hydrogen (secondary N) is 1. The highest BCUT2D eigenvalue weighted by Gasteiger charge is 2.45. The molecule has 4 rings (SSSR count). The number of thiophene rings is 1. The second-order valence-electron chi connectivity index (χ2n) is 6.85. The number of carbonyl (C=O) groups is 1. The van der Waals surface area contributed by atoms with Crippen LogP contribution in [0.1, 0.15) is 42.5 Å². The molecule has 0 radical (unpaired) electrons. The van der Waals surface area contributed by atoms with Gasteiger partial charge in [0.05, 0.1) is 17.6 Å². The van der Waals surface area contributed by atoms with Gasteiger partial charge in [-0.3, -0.25) is 4.79 Å². The quantitative estimate of drug-likeness (QED) is 0.838. The Morgan fingerprint density at radius 3 is 2.83 bits per heavy atom.